The molecule has 2 heterocycles. The zero-order valence-corrected chi connectivity index (χ0v) is 16.4. The molecular weight excluding hydrogens is 399 g/mol. The average molecular weight is 416 g/mol. The highest BCUT2D eigenvalue weighted by molar-refractivity contribution is 7.46. The lowest BCUT2D eigenvalue weighted by Gasteiger charge is -2.06. The van der Waals surface area contributed by atoms with Gasteiger partial charge in [-0.05, 0) is 23.8 Å². The summed E-state index contributed by atoms with van der Waals surface area (Å²) in [5, 5.41) is 0. The van der Waals surface area contributed by atoms with Gasteiger partial charge < -0.3 is 9.09 Å². The summed E-state index contributed by atoms with van der Waals surface area (Å²) >= 11 is 0. The fraction of sp³-hybridized carbons (Fsp3) is 0.167. The molecule has 150 valence electrons. The minimum atomic E-state index is -4.66. The molecule has 0 aliphatic carbocycles. The van der Waals surface area contributed by atoms with Gasteiger partial charge in [0, 0.05) is 14.1 Å². The second kappa shape index (κ2) is 7.56. The minimum absolute atomic E-state index is 0.00468. The van der Waals surface area contributed by atoms with Crippen LogP contribution < -0.4 is 15.8 Å². The summed E-state index contributed by atoms with van der Waals surface area (Å²) in [5.41, 5.74) is -0.0691. The van der Waals surface area contributed by atoms with Crippen LogP contribution in [-0.2, 0) is 25.2 Å². The van der Waals surface area contributed by atoms with Gasteiger partial charge in [0.15, 0.2) is 11.2 Å². The van der Waals surface area contributed by atoms with Crippen molar-refractivity contribution < 1.29 is 18.9 Å². The smallest absolute Gasteiger partial charge is 0.404 e. The molecule has 0 aliphatic heterocycles. The van der Waals surface area contributed by atoms with E-state index in [1.807, 2.05) is 0 Å². The monoisotopic (exact) mass is 416 g/mol. The summed E-state index contributed by atoms with van der Waals surface area (Å²) in [6, 6.07) is 6.12. The van der Waals surface area contributed by atoms with Crippen molar-refractivity contribution in [2.24, 2.45) is 14.1 Å². The molecule has 0 unspecified atom stereocenters. The zero-order valence-electron chi connectivity index (χ0n) is 15.5. The summed E-state index contributed by atoms with van der Waals surface area (Å²) in [4.78, 5) is 47.2. The first-order valence-electron chi connectivity index (χ1n) is 8.25. The van der Waals surface area contributed by atoms with Gasteiger partial charge in [-0.1, -0.05) is 24.1 Å². The summed E-state index contributed by atoms with van der Waals surface area (Å²) in [6.07, 6.45) is 8.48. The van der Waals surface area contributed by atoms with E-state index < -0.39 is 19.1 Å². The molecule has 2 aromatic heterocycles. The highest BCUT2D eigenvalue weighted by Crippen LogP contribution is 2.37. The molecule has 1 aromatic carbocycles. The van der Waals surface area contributed by atoms with Gasteiger partial charge in [0.25, 0.3) is 5.56 Å². The van der Waals surface area contributed by atoms with Crippen LogP contribution in [0.1, 0.15) is 11.4 Å². The highest BCUT2D eigenvalue weighted by atomic mass is 31.2. The first kappa shape index (κ1) is 20.4. The van der Waals surface area contributed by atoms with Crippen LogP contribution in [0.25, 0.3) is 23.3 Å². The molecule has 0 saturated heterocycles. The first-order valence-corrected chi connectivity index (χ1v) is 9.78. The Labute approximate surface area is 164 Å². The first-order chi connectivity index (χ1) is 13.6. The van der Waals surface area contributed by atoms with Crippen molar-refractivity contribution in [3.8, 4) is 18.1 Å². The summed E-state index contributed by atoms with van der Waals surface area (Å²) in [5.74, 6) is 2.69. The molecule has 0 radical (unpaired) electrons. The molecular formula is C18H17N4O6P. The van der Waals surface area contributed by atoms with E-state index in [1.165, 1.54) is 28.3 Å². The molecule has 2 N–H and O–H groups in total. The SMILES string of the molecule is C#CCn1c(=O)c2c(nc(/C=C/c3cccc(OP(=O)(O)O)c3)n2C)n(C)c1=O. The molecule has 11 heteroatoms. The third kappa shape index (κ3) is 4.07. The lowest BCUT2D eigenvalue weighted by molar-refractivity contribution is 0.283. The Kier molecular flexibility index (Phi) is 5.31. The zero-order chi connectivity index (χ0) is 21.3. The van der Waals surface area contributed by atoms with Crippen molar-refractivity contribution >= 4 is 31.1 Å². The predicted octanol–water partition coefficient (Wildman–Crippen LogP) is 0.709. The third-order valence-corrected chi connectivity index (χ3v) is 4.60. The number of fused-ring (bicyclic) bond motifs is 1. The molecule has 3 aromatic rings. The number of phosphoric acid groups is 1. The Balaban J connectivity index is 2.06. The quantitative estimate of drug-likeness (QED) is 0.463. The van der Waals surface area contributed by atoms with Gasteiger partial charge in [-0.25, -0.2) is 18.9 Å². The third-order valence-electron chi connectivity index (χ3n) is 4.15. The maximum atomic E-state index is 12.7. The lowest BCUT2D eigenvalue weighted by Crippen LogP contribution is -2.39. The van der Waals surface area contributed by atoms with Crippen molar-refractivity contribution in [3.63, 3.8) is 0 Å². The van der Waals surface area contributed by atoms with Crippen molar-refractivity contribution in [1.82, 2.24) is 18.7 Å². The molecule has 10 nitrogen and oxygen atoms in total. The topological polar surface area (TPSA) is 129 Å². The molecule has 0 spiro atoms. The molecule has 29 heavy (non-hydrogen) atoms. The van der Waals surface area contributed by atoms with Crippen molar-refractivity contribution in [3.05, 3.63) is 56.5 Å². The van der Waals surface area contributed by atoms with Crippen LogP contribution in [0.4, 0.5) is 0 Å². The predicted molar refractivity (Wildman–Crippen MR) is 107 cm³/mol. The summed E-state index contributed by atoms with van der Waals surface area (Å²) in [7, 11) is -1.53. The molecule has 0 atom stereocenters. The Morgan fingerprint density at radius 3 is 2.62 bits per heavy atom. The number of terminal acetylenes is 1. The maximum absolute atomic E-state index is 12.7. The number of hydrogen-bond acceptors (Lipinski definition) is 5. The Hall–Kier alpha value is -3.38. The Morgan fingerprint density at radius 2 is 1.97 bits per heavy atom. The van der Waals surface area contributed by atoms with Gasteiger partial charge in [-0.2, -0.15) is 0 Å². The summed E-state index contributed by atoms with van der Waals surface area (Å²) in [6.45, 7) is -0.149. The van der Waals surface area contributed by atoms with Gasteiger partial charge in [-0.15, -0.1) is 6.42 Å². The number of rotatable bonds is 5. The van der Waals surface area contributed by atoms with E-state index in [9.17, 15) is 14.2 Å². The number of aryl methyl sites for hydroxylation is 2. The van der Waals surface area contributed by atoms with Crippen molar-refractivity contribution in [2.45, 2.75) is 6.54 Å². The van der Waals surface area contributed by atoms with Crippen LogP contribution in [-0.4, -0.2) is 28.5 Å². The molecule has 0 saturated carbocycles. The van der Waals surface area contributed by atoms with Gasteiger partial charge >= 0.3 is 13.5 Å². The van der Waals surface area contributed by atoms with Crippen molar-refractivity contribution in [1.29, 1.82) is 0 Å². The number of aromatic nitrogens is 4. The van der Waals surface area contributed by atoms with Gasteiger partial charge in [0.1, 0.15) is 11.6 Å². The van der Waals surface area contributed by atoms with Crippen molar-refractivity contribution in [2.75, 3.05) is 0 Å². The maximum Gasteiger partial charge on any atom is 0.524 e. The standard InChI is InChI=1S/C18H17N4O6P/c1-4-10-22-17(23)15-16(21(3)18(22)24)19-14(20(15)2)9-8-12-6-5-7-13(11-12)28-29(25,26)27/h1,5-9,11H,10H2,2-3H3,(H2,25,26,27)/b9-8+. The molecule has 0 bridgehead atoms. The molecule has 0 amide bonds. The lowest BCUT2D eigenvalue weighted by atomic mass is 10.2. The fourth-order valence-corrected chi connectivity index (χ4v) is 3.21. The van der Waals surface area contributed by atoms with Gasteiger partial charge in [-0.3, -0.25) is 19.1 Å². The van der Waals surface area contributed by atoms with Crippen LogP contribution in [0.3, 0.4) is 0 Å². The van der Waals surface area contributed by atoms with E-state index in [2.05, 4.69) is 15.4 Å². The number of nitrogens with zero attached hydrogens (tertiary/aromatic N) is 4. The number of imidazole rings is 1. The van der Waals surface area contributed by atoms with Crippen LogP contribution in [0.15, 0.2) is 33.9 Å². The fourth-order valence-electron chi connectivity index (χ4n) is 2.82. The van der Waals surface area contributed by atoms with E-state index in [4.69, 9.17) is 16.2 Å². The second-order valence-corrected chi connectivity index (χ2v) is 7.29. The van der Waals surface area contributed by atoms with E-state index >= 15 is 0 Å². The van der Waals surface area contributed by atoms with Gasteiger partial charge in [0.05, 0.1) is 6.54 Å². The Morgan fingerprint density at radius 1 is 1.24 bits per heavy atom. The van der Waals surface area contributed by atoms with Crippen LogP contribution in [0.2, 0.25) is 0 Å². The molecule has 0 aliphatic rings. The van der Waals surface area contributed by atoms with E-state index in [0.717, 1.165) is 4.57 Å². The highest BCUT2D eigenvalue weighted by Gasteiger charge is 2.17. The average Bonchev–Trinajstić information content (AvgIpc) is 2.97. The largest absolute Gasteiger partial charge is 0.524 e. The Bertz CT molecular complexity index is 1340. The van der Waals surface area contributed by atoms with E-state index in [0.29, 0.717) is 11.4 Å². The van der Waals surface area contributed by atoms with Gasteiger partial charge in [0.2, 0.25) is 0 Å². The number of phosphoric ester groups is 1. The van der Waals surface area contributed by atoms with Crippen LogP contribution >= 0.6 is 7.82 Å². The number of hydrogen-bond donors (Lipinski definition) is 2. The molecule has 0 fully saturated rings. The van der Waals surface area contributed by atoms with Crippen LogP contribution in [0, 0.1) is 12.3 Å². The second-order valence-electron chi connectivity index (χ2n) is 6.13. The number of benzene rings is 1. The minimum Gasteiger partial charge on any atom is -0.404 e. The normalized spacial score (nSPS) is 11.8. The van der Waals surface area contributed by atoms with Crippen LogP contribution in [0.5, 0.6) is 5.75 Å². The summed E-state index contributed by atoms with van der Waals surface area (Å²) < 4.78 is 19.3. The molecule has 3 rings (SSSR count). The van der Waals surface area contributed by atoms with E-state index in [-0.39, 0.29) is 23.5 Å². The van der Waals surface area contributed by atoms with E-state index in [1.54, 1.807) is 31.3 Å².